The van der Waals surface area contributed by atoms with Crippen molar-refractivity contribution in [1.82, 2.24) is 0 Å². The van der Waals surface area contributed by atoms with Gasteiger partial charge in [0.1, 0.15) is 17.9 Å². The number of hydrogen-bond donors (Lipinski definition) is 0. The zero-order valence-corrected chi connectivity index (χ0v) is 7.71. The lowest BCUT2D eigenvalue weighted by Crippen LogP contribution is -2.12. The van der Waals surface area contributed by atoms with Crippen LogP contribution in [0.2, 0.25) is 0 Å². The van der Waals surface area contributed by atoms with Crippen LogP contribution < -0.4 is 0 Å². The zero-order chi connectivity index (χ0) is 9.68. The molecule has 0 heterocycles. The van der Waals surface area contributed by atoms with Gasteiger partial charge in [0.05, 0.1) is 7.11 Å². The minimum Gasteiger partial charge on any atom is -0.499 e. The molecule has 0 atom stereocenters. The molecule has 0 aromatic rings. The van der Waals surface area contributed by atoms with Crippen LogP contribution in [0.3, 0.4) is 0 Å². The van der Waals surface area contributed by atoms with E-state index in [2.05, 4.69) is 0 Å². The van der Waals surface area contributed by atoms with Crippen molar-refractivity contribution >= 4 is 0 Å². The molecule has 0 amide bonds. The van der Waals surface area contributed by atoms with Crippen molar-refractivity contribution in [3.05, 3.63) is 11.3 Å². The van der Waals surface area contributed by atoms with Gasteiger partial charge in [0, 0.05) is 6.42 Å². The molecule has 1 rings (SSSR count). The van der Waals surface area contributed by atoms with Gasteiger partial charge < -0.3 is 4.74 Å². The topological polar surface area (TPSA) is 56.8 Å². The SMILES string of the molecule is COC(CC1CCC1)=C(C#N)C#N. The van der Waals surface area contributed by atoms with Gasteiger partial charge in [-0.15, -0.1) is 0 Å². The van der Waals surface area contributed by atoms with Crippen LogP contribution in [0.1, 0.15) is 25.7 Å². The molecule has 0 aromatic heterocycles. The van der Waals surface area contributed by atoms with Crippen LogP contribution >= 0.6 is 0 Å². The van der Waals surface area contributed by atoms with E-state index in [1.54, 1.807) is 0 Å². The Morgan fingerprint density at radius 2 is 2.00 bits per heavy atom. The van der Waals surface area contributed by atoms with Gasteiger partial charge >= 0.3 is 0 Å². The van der Waals surface area contributed by atoms with Gasteiger partial charge in [0.25, 0.3) is 0 Å². The Morgan fingerprint density at radius 1 is 1.38 bits per heavy atom. The molecule has 1 aliphatic rings. The van der Waals surface area contributed by atoms with E-state index in [1.807, 2.05) is 12.1 Å². The third kappa shape index (κ3) is 2.23. The Labute approximate surface area is 78.2 Å². The highest BCUT2D eigenvalue weighted by molar-refractivity contribution is 5.38. The zero-order valence-electron chi connectivity index (χ0n) is 7.71. The highest BCUT2D eigenvalue weighted by Crippen LogP contribution is 2.32. The molecular formula is C10H12N2O. The predicted octanol–water partition coefficient (Wildman–Crippen LogP) is 2.12. The van der Waals surface area contributed by atoms with Gasteiger partial charge in [0.15, 0.2) is 5.57 Å². The van der Waals surface area contributed by atoms with E-state index in [4.69, 9.17) is 15.3 Å². The van der Waals surface area contributed by atoms with Crippen molar-refractivity contribution in [2.24, 2.45) is 5.92 Å². The smallest absolute Gasteiger partial charge is 0.167 e. The fraction of sp³-hybridized carbons (Fsp3) is 0.600. The summed E-state index contributed by atoms with van der Waals surface area (Å²) in [5.41, 5.74) is 0.120. The number of hydrogen-bond acceptors (Lipinski definition) is 3. The summed E-state index contributed by atoms with van der Waals surface area (Å²) in [6.07, 6.45) is 4.39. The molecule has 1 aliphatic carbocycles. The number of rotatable bonds is 3. The molecule has 0 bridgehead atoms. The first-order valence-corrected chi connectivity index (χ1v) is 4.39. The Kier molecular flexibility index (Phi) is 3.34. The second kappa shape index (κ2) is 4.52. The molecule has 0 aromatic carbocycles. The summed E-state index contributed by atoms with van der Waals surface area (Å²) in [6.45, 7) is 0. The summed E-state index contributed by atoms with van der Waals surface area (Å²) in [5.74, 6) is 1.17. The lowest BCUT2D eigenvalue weighted by molar-refractivity contribution is 0.221. The second-order valence-corrected chi connectivity index (χ2v) is 3.23. The van der Waals surface area contributed by atoms with Crippen LogP contribution in [-0.2, 0) is 4.74 Å². The predicted molar refractivity (Wildman–Crippen MR) is 47.2 cm³/mol. The quantitative estimate of drug-likeness (QED) is 0.489. The number of nitriles is 2. The van der Waals surface area contributed by atoms with Crippen LogP contribution in [0.25, 0.3) is 0 Å². The first kappa shape index (κ1) is 9.61. The molecule has 1 saturated carbocycles. The fourth-order valence-electron chi connectivity index (χ4n) is 1.40. The molecule has 1 fully saturated rings. The Hall–Kier alpha value is -1.48. The Balaban J connectivity index is 2.65. The first-order chi connectivity index (χ1) is 6.31. The van der Waals surface area contributed by atoms with Gasteiger partial charge in [-0.3, -0.25) is 0 Å². The molecule has 3 nitrogen and oxygen atoms in total. The minimum absolute atomic E-state index is 0.120. The molecule has 3 heteroatoms. The van der Waals surface area contributed by atoms with Gasteiger partial charge in [-0.2, -0.15) is 10.5 Å². The Bertz CT molecular complexity index is 273. The van der Waals surface area contributed by atoms with E-state index >= 15 is 0 Å². The fourth-order valence-corrected chi connectivity index (χ4v) is 1.40. The monoisotopic (exact) mass is 176 g/mol. The van der Waals surface area contributed by atoms with Crippen LogP contribution in [0.15, 0.2) is 11.3 Å². The van der Waals surface area contributed by atoms with Crippen molar-refractivity contribution < 1.29 is 4.74 Å². The van der Waals surface area contributed by atoms with Crippen molar-refractivity contribution in [2.75, 3.05) is 7.11 Å². The highest BCUT2D eigenvalue weighted by atomic mass is 16.5. The Morgan fingerprint density at radius 3 is 2.31 bits per heavy atom. The number of allylic oxidation sites excluding steroid dienone is 2. The van der Waals surface area contributed by atoms with Crippen LogP contribution in [0, 0.1) is 28.6 Å². The van der Waals surface area contributed by atoms with E-state index in [1.165, 1.54) is 26.4 Å². The third-order valence-electron chi connectivity index (χ3n) is 2.45. The maximum absolute atomic E-state index is 8.62. The van der Waals surface area contributed by atoms with Gasteiger partial charge in [-0.1, -0.05) is 19.3 Å². The van der Waals surface area contributed by atoms with E-state index in [0.29, 0.717) is 11.7 Å². The molecule has 0 spiro atoms. The standard InChI is InChI=1S/C10H12N2O/c1-13-10(9(6-11)7-12)5-8-3-2-4-8/h8H,2-5H2,1H3. The molecule has 0 radical (unpaired) electrons. The number of methoxy groups -OCH3 is 1. The summed E-state index contributed by atoms with van der Waals surface area (Å²) in [6, 6.07) is 3.70. The van der Waals surface area contributed by atoms with E-state index in [-0.39, 0.29) is 5.57 Å². The maximum Gasteiger partial charge on any atom is 0.167 e. The van der Waals surface area contributed by atoms with Crippen molar-refractivity contribution in [3.8, 4) is 12.1 Å². The summed E-state index contributed by atoms with van der Waals surface area (Å²) in [4.78, 5) is 0. The summed E-state index contributed by atoms with van der Waals surface area (Å²) in [5, 5.41) is 17.2. The molecule has 0 unspecified atom stereocenters. The summed E-state index contributed by atoms with van der Waals surface area (Å²) in [7, 11) is 1.52. The van der Waals surface area contributed by atoms with Gasteiger partial charge in [-0.05, 0) is 5.92 Å². The summed E-state index contributed by atoms with van der Waals surface area (Å²) < 4.78 is 5.04. The third-order valence-corrected chi connectivity index (χ3v) is 2.45. The average molecular weight is 176 g/mol. The summed E-state index contributed by atoms with van der Waals surface area (Å²) >= 11 is 0. The van der Waals surface area contributed by atoms with Crippen molar-refractivity contribution in [3.63, 3.8) is 0 Å². The molecule has 13 heavy (non-hydrogen) atoms. The van der Waals surface area contributed by atoms with Crippen LogP contribution in [0.4, 0.5) is 0 Å². The highest BCUT2D eigenvalue weighted by Gasteiger charge is 2.21. The second-order valence-electron chi connectivity index (χ2n) is 3.23. The average Bonchev–Trinajstić information content (AvgIpc) is 2.09. The number of ether oxygens (including phenoxy) is 1. The van der Waals surface area contributed by atoms with Crippen molar-refractivity contribution in [1.29, 1.82) is 10.5 Å². The molecule has 0 N–H and O–H groups in total. The van der Waals surface area contributed by atoms with Crippen molar-refractivity contribution in [2.45, 2.75) is 25.7 Å². The van der Waals surface area contributed by atoms with Gasteiger partial charge in [0.2, 0.25) is 0 Å². The van der Waals surface area contributed by atoms with E-state index in [9.17, 15) is 0 Å². The largest absolute Gasteiger partial charge is 0.499 e. The van der Waals surface area contributed by atoms with E-state index in [0.717, 1.165) is 6.42 Å². The first-order valence-electron chi connectivity index (χ1n) is 4.39. The molecule has 0 aliphatic heterocycles. The van der Waals surface area contributed by atoms with E-state index < -0.39 is 0 Å². The minimum atomic E-state index is 0.120. The lowest BCUT2D eigenvalue weighted by atomic mass is 9.82. The number of nitrogens with zero attached hydrogens (tertiary/aromatic N) is 2. The molecular weight excluding hydrogens is 164 g/mol. The van der Waals surface area contributed by atoms with Gasteiger partial charge in [-0.25, -0.2) is 0 Å². The molecule has 68 valence electrons. The normalized spacial score (nSPS) is 15.0. The van der Waals surface area contributed by atoms with Crippen LogP contribution in [-0.4, -0.2) is 7.11 Å². The lowest BCUT2D eigenvalue weighted by Gasteiger charge is -2.25. The molecule has 0 saturated heterocycles. The maximum atomic E-state index is 8.62. The van der Waals surface area contributed by atoms with Crippen LogP contribution in [0.5, 0.6) is 0 Å².